The number of Topliss-reactive ketones (excluding diaryl/α,β-unsaturated/α-hetero) is 1. The summed E-state index contributed by atoms with van der Waals surface area (Å²) < 4.78 is 17.2. The molecule has 2 aromatic carbocycles. The number of ether oxygens (including phenoxy) is 3. The summed E-state index contributed by atoms with van der Waals surface area (Å²) in [7, 11) is 1.28. The molecule has 6 nitrogen and oxygen atoms in total. The summed E-state index contributed by atoms with van der Waals surface area (Å²) in [4.78, 5) is 25.5. The monoisotopic (exact) mass is 434 g/mol. The number of rotatable bonds is 3. The van der Waals surface area contributed by atoms with E-state index in [1.165, 1.54) is 13.2 Å². The van der Waals surface area contributed by atoms with Crippen molar-refractivity contribution < 1.29 is 28.9 Å². The molecule has 2 aliphatic heterocycles. The smallest absolute Gasteiger partial charge is 0.331 e. The molecule has 6 heteroatoms. The first kappa shape index (κ1) is 21.7. The number of aromatic hydroxyl groups is 1. The predicted octanol–water partition coefficient (Wildman–Crippen LogP) is 4.78. The number of carbonyl (C=O) groups excluding carboxylic acids is 2. The summed E-state index contributed by atoms with van der Waals surface area (Å²) in [6.45, 7) is 7.37. The molecule has 2 heterocycles. The first-order chi connectivity index (χ1) is 15.1. The molecule has 0 saturated carbocycles. The third kappa shape index (κ3) is 3.55. The largest absolute Gasteiger partial charge is 0.506 e. The van der Waals surface area contributed by atoms with Crippen LogP contribution in [0.4, 0.5) is 0 Å². The fraction of sp³-hybridized carbons (Fsp3) is 0.308. The van der Waals surface area contributed by atoms with E-state index in [-0.39, 0.29) is 28.8 Å². The van der Waals surface area contributed by atoms with Gasteiger partial charge < -0.3 is 19.3 Å². The summed E-state index contributed by atoms with van der Waals surface area (Å²) in [5.74, 6) is -0.869. The standard InChI is InChI=1S/C26H26O6/c1-14-15(2)31-24-17-11-12-26(3,4)32-25(17)20(23(29)21(24)22(14)28)18(13-19(27)30-5)16-9-7-6-8-10-16/h6-15,29H,1-5H3/b18-13-/t14-,15-/m1/s1. The molecule has 0 amide bonds. The number of carbonyl (C=O) groups is 2. The summed E-state index contributed by atoms with van der Waals surface area (Å²) >= 11 is 0. The first-order valence-electron chi connectivity index (χ1n) is 10.5. The van der Waals surface area contributed by atoms with Gasteiger partial charge in [-0.25, -0.2) is 4.79 Å². The maximum atomic E-state index is 13.2. The molecule has 0 aromatic heterocycles. The van der Waals surface area contributed by atoms with Crippen LogP contribution in [0.5, 0.6) is 17.2 Å². The highest BCUT2D eigenvalue weighted by molar-refractivity contribution is 6.09. The van der Waals surface area contributed by atoms with Gasteiger partial charge in [0.15, 0.2) is 5.78 Å². The van der Waals surface area contributed by atoms with E-state index in [1.807, 2.05) is 63.3 Å². The van der Waals surface area contributed by atoms with Crippen LogP contribution in [-0.4, -0.2) is 35.7 Å². The molecule has 0 bridgehead atoms. The van der Waals surface area contributed by atoms with Gasteiger partial charge in [-0.15, -0.1) is 0 Å². The van der Waals surface area contributed by atoms with Crippen molar-refractivity contribution in [2.45, 2.75) is 39.4 Å². The van der Waals surface area contributed by atoms with E-state index in [0.29, 0.717) is 28.2 Å². The number of esters is 1. The van der Waals surface area contributed by atoms with E-state index in [0.717, 1.165) is 0 Å². The van der Waals surface area contributed by atoms with E-state index in [2.05, 4.69) is 0 Å². The second kappa shape index (κ2) is 7.86. The Morgan fingerprint density at radius 2 is 1.84 bits per heavy atom. The zero-order chi connectivity index (χ0) is 23.2. The van der Waals surface area contributed by atoms with Gasteiger partial charge in [0.05, 0.1) is 24.2 Å². The minimum Gasteiger partial charge on any atom is -0.506 e. The highest BCUT2D eigenvalue weighted by Crippen LogP contribution is 2.53. The van der Waals surface area contributed by atoms with Crippen molar-refractivity contribution in [3.05, 3.63) is 64.7 Å². The fourth-order valence-corrected chi connectivity index (χ4v) is 3.98. The number of phenolic OH excluding ortho intramolecular Hbond substituents is 1. The van der Waals surface area contributed by atoms with Crippen LogP contribution in [0, 0.1) is 5.92 Å². The third-order valence-corrected chi connectivity index (χ3v) is 5.92. The molecule has 2 aromatic rings. The van der Waals surface area contributed by atoms with Crippen molar-refractivity contribution in [3.8, 4) is 17.2 Å². The SMILES string of the molecule is COC(=O)/C=C(/c1ccccc1)c1c(O)c2c(c3c1OC(C)(C)C=C3)O[C@H](C)[C@@H](C)C2=O. The number of methoxy groups -OCH3 is 1. The lowest BCUT2D eigenvalue weighted by Crippen LogP contribution is -2.35. The normalized spacial score (nSPS) is 21.2. The Hall–Kier alpha value is -3.54. The number of fused-ring (bicyclic) bond motifs is 3. The molecular formula is C26H26O6. The van der Waals surface area contributed by atoms with Crippen LogP contribution < -0.4 is 9.47 Å². The van der Waals surface area contributed by atoms with Crippen LogP contribution in [0.25, 0.3) is 11.6 Å². The van der Waals surface area contributed by atoms with Gasteiger partial charge in [-0.05, 0) is 38.5 Å². The lowest BCUT2D eigenvalue weighted by atomic mass is 9.83. The molecule has 0 fully saturated rings. The molecule has 166 valence electrons. The molecule has 0 radical (unpaired) electrons. The molecule has 4 rings (SSSR count). The van der Waals surface area contributed by atoms with E-state index in [9.17, 15) is 14.7 Å². The molecule has 0 spiro atoms. The quantitative estimate of drug-likeness (QED) is 0.553. The van der Waals surface area contributed by atoms with Crippen LogP contribution in [-0.2, 0) is 9.53 Å². The molecule has 32 heavy (non-hydrogen) atoms. The van der Waals surface area contributed by atoms with Crippen LogP contribution in [0.1, 0.15) is 54.7 Å². The average molecular weight is 434 g/mol. The molecule has 2 aliphatic rings. The minimum atomic E-state index is -0.674. The van der Waals surface area contributed by atoms with Crippen LogP contribution in [0.2, 0.25) is 0 Å². The van der Waals surface area contributed by atoms with Gasteiger partial charge in [0, 0.05) is 11.6 Å². The highest BCUT2D eigenvalue weighted by Gasteiger charge is 2.41. The van der Waals surface area contributed by atoms with Gasteiger partial charge in [-0.3, -0.25) is 4.79 Å². The first-order valence-corrected chi connectivity index (χ1v) is 10.5. The Labute approximate surface area is 187 Å². The summed E-state index contributed by atoms with van der Waals surface area (Å²) in [6.07, 6.45) is 4.66. The van der Waals surface area contributed by atoms with Crippen molar-refractivity contribution in [2.24, 2.45) is 5.92 Å². The van der Waals surface area contributed by atoms with E-state index < -0.39 is 17.5 Å². The second-order valence-electron chi connectivity index (χ2n) is 8.63. The summed E-state index contributed by atoms with van der Waals surface area (Å²) in [6, 6.07) is 9.13. The fourth-order valence-electron chi connectivity index (χ4n) is 3.98. The van der Waals surface area contributed by atoms with E-state index in [1.54, 1.807) is 6.92 Å². The van der Waals surface area contributed by atoms with Gasteiger partial charge in [0.2, 0.25) is 0 Å². The lowest BCUT2D eigenvalue weighted by Gasteiger charge is -2.35. The van der Waals surface area contributed by atoms with Crippen molar-refractivity contribution in [3.63, 3.8) is 0 Å². The van der Waals surface area contributed by atoms with Crippen LogP contribution in [0.15, 0.2) is 42.5 Å². The summed E-state index contributed by atoms with van der Waals surface area (Å²) in [5, 5.41) is 11.5. The van der Waals surface area contributed by atoms with Crippen LogP contribution >= 0.6 is 0 Å². The number of hydrogen-bond donors (Lipinski definition) is 1. The Morgan fingerprint density at radius 3 is 2.50 bits per heavy atom. The number of ketones is 1. The zero-order valence-corrected chi connectivity index (χ0v) is 18.8. The van der Waals surface area contributed by atoms with Crippen molar-refractivity contribution >= 4 is 23.4 Å². The maximum Gasteiger partial charge on any atom is 0.331 e. The zero-order valence-electron chi connectivity index (χ0n) is 18.8. The van der Waals surface area contributed by atoms with E-state index >= 15 is 0 Å². The summed E-state index contributed by atoms with van der Waals surface area (Å²) in [5.41, 5.74) is 1.30. The number of hydrogen-bond acceptors (Lipinski definition) is 6. The van der Waals surface area contributed by atoms with Gasteiger partial charge in [-0.2, -0.15) is 0 Å². The Balaban J connectivity index is 2.10. The van der Waals surface area contributed by atoms with Crippen molar-refractivity contribution in [1.82, 2.24) is 0 Å². The molecule has 2 atom stereocenters. The maximum absolute atomic E-state index is 13.2. The molecule has 0 aliphatic carbocycles. The van der Waals surface area contributed by atoms with Crippen molar-refractivity contribution in [2.75, 3.05) is 7.11 Å². The van der Waals surface area contributed by atoms with Gasteiger partial charge in [0.1, 0.15) is 34.5 Å². The topological polar surface area (TPSA) is 82.1 Å². The van der Waals surface area contributed by atoms with Gasteiger partial charge in [-0.1, -0.05) is 37.3 Å². The van der Waals surface area contributed by atoms with Gasteiger partial charge in [0.25, 0.3) is 0 Å². The lowest BCUT2D eigenvalue weighted by molar-refractivity contribution is -0.134. The highest BCUT2D eigenvalue weighted by atomic mass is 16.5. The number of phenols is 1. The third-order valence-electron chi connectivity index (χ3n) is 5.92. The predicted molar refractivity (Wildman–Crippen MR) is 121 cm³/mol. The minimum absolute atomic E-state index is 0.101. The molecule has 0 saturated heterocycles. The second-order valence-corrected chi connectivity index (χ2v) is 8.63. The molecule has 1 N–H and O–H groups in total. The molecular weight excluding hydrogens is 408 g/mol. The Kier molecular flexibility index (Phi) is 5.33. The average Bonchev–Trinajstić information content (AvgIpc) is 2.76. The van der Waals surface area contributed by atoms with E-state index in [4.69, 9.17) is 14.2 Å². The molecule has 0 unspecified atom stereocenters. The van der Waals surface area contributed by atoms with Gasteiger partial charge >= 0.3 is 5.97 Å². The van der Waals surface area contributed by atoms with Crippen LogP contribution in [0.3, 0.4) is 0 Å². The number of benzene rings is 2. The Bertz CT molecular complexity index is 1160. The Morgan fingerprint density at radius 1 is 1.16 bits per heavy atom. The van der Waals surface area contributed by atoms with Crippen molar-refractivity contribution in [1.29, 1.82) is 0 Å².